The van der Waals surface area contributed by atoms with Gasteiger partial charge in [0.05, 0.1) is 18.1 Å². The number of hydrogen-bond donors (Lipinski definition) is 1. The predicted molar refractivity (Wildman–Crippen MR) is 102 cm³/mol. The number of halogens is 2. The Morgan fingerprint density at radius 1 is 0.750 bits per heavy atom. The summed E-state index contributed by atoms with van der Waals surface area (Å²) in [6.07, 6.45) is 0. The van der Waals surface area contributed by atoms with E-state index in [4.69, 9.17) is 4.74 Å². The highest BCUT2D eigenvalue weighted by molar-refractivity contribution is 7.89. The molecule has 0 spiro atoms. The van der Waals surface area contributed by atoms with Crippen LogP contribution < -0.4 is 4.72 Å². The molecule has 1 N–H and O–H groups in total. The van der Waals surface area contributed by atoms with Crippen molar-refractivity contribution in [2.24, 2.45) is 0 Å². The fraction of sp³-hybridized carbons (Fsp3) is 0.143. The Hall–Kier alpha value is -2.61. The van der Waals surface area contributed by atoms with Gasteiger partial charge in [-0.05, 0) is 28.8 Å². The van der Waals surface area contributed by atoms with Gasteiger partial charge in [-0.3, -0.25) is 0 Å². The molecule has 0 radical (unpaired) electrons. The third-order valence-corrected chi connectivity index (χ3v) is 5.37. The summed E-state index contributed by atoms with van der Waals surface area (Å²) < 4.78 is 59.1. The van der Waals surface area contributed by atoms with Crippen molar-refractivity contribution in [2.75, 3.05) is 0 Å². The maximum absolute atomic E-state index is 13.3. The van der Waals surface area contributed by atoms with Crippen LogP contribution in [0.4, 0.5) is 8.78 Å². The minimum atomic E-state index is -4.03. The molecule has 0 unspecified atom stereocenters. The SMILES string of the molecule is O=S(=O)(NCc1cccc(COCc2ccccc2)c1)c1cc(F)cc(F)c1. The van der Waals surface area contributed by atoms with Crippen LogP contribution in [0, 0.1) is 11.6 Å². The van der Waals surface area contributed by atoms with E-state index in [1.54, 1.807) is 12.1 Å². The molecule has 0 amide bonds. The molecule has 146 valence electrons. The van der Waals surface area contributed by atoms with Crippen LogP contribution in [0.25, 0.3) is 0 Å². The molecule has 0 aromatic heterocycles. The molecule has 7 heteroatoms. The molecule has 4 nitrogen and oxygen atoms in total. The van der Waals surface area contributed by atoms with Crippen molar-refractivity contribution in [1.82, 2.24) is 4.72 Å². The van der Waals surface area contributed by atoms with Gasteiger partial charge in [0.2, 0.25) is 10.0 Å². The Morgan fingerprint density at radius 3 is 2.07 bits per heavy atom. The van der Waals surface area contributed by atoms with Crippen molar-refractivity contribution in [1.29, 1.82) is 0 Å². The van der Waals surface area contributed by atoms with E-state index >= 15 is 0 Å². The summed E-state index contributed by atoms with van der Waals surface area (Å²) in [4.78, 5) is -0.452. The van der Waals surface area contributed by atoms with Gasteiger partial charge in [-0.1, -0.05) is 54.6 Å². The Bertz CT molecular complexity index is 1020. The highest BCUT2D eigenvalue weighted by atomic mass is 32.2. The summed E-state index contributed by atoms with van der Waals surface area (Å²) in [7, 11) is -4.03. The van der Waals surface area contributed by atoms with E-state index in [0.29, 0.717) is 24.8 Å². The van der Waals surface area contributed by atoms with Crippen LogP contribution in [-0.2, 0) is 34.5 Å². The van der Waals surface area contributed by atoms with Crippen LogP contribution in [-0.4, -0.2) is 8.42 Å². The monoisotopic (exact) mass is 403 g/mol. The van der Waals surface area contributed by atoms with Crippen molar-refractivity contribution in [3.8, 4) is 0 Å². The van der Waals surface area contributed by atoms with Gasteiger partial charge in [0, 0.05) is 12.6 Å². The summed E-state index contributed by atoms with van der Waals surface area (Å²) >= 11 is 0. The molecule has 0 bridgehead atoms. The normalized spacial score (nSPS) is 11.5. The average molecular weight is 403 g/mol. The molecule has 3 aromatic carbocycles. The van der Waals surface area contributed by atoms with E-state index in [2.05, 4.69) is 4.72 Å². The summed E-state index contributed by atoms with van der Waals surface area (Å²) in [5.41, 5.74) is 2.67. The van der Waals surface area contributed by atoms with Gasteiger partial charge in [-0.2, -0.15) is 0 Å². The zero-order valence-corrected chi connectivity index (χ0v) is 15.8. The standard InChI is InChI=1S/C21H19F2NO3S/c22-19-10-20(23)12-21(11-19)28(25,26)24-13-17-7-4-8-18(9-17)15-27-14-16-5-2-1-3-6-16/h1-12,24H,13-15H2. The molecule has 0 saturated carbocycles. The first-order valence-electron chi connectivity index (χ1n) is 8.58. The molecule has 3 rings (SSSR count). The maximum Gasteiger partial charge on any atom is 0.241 e. The van der Waals surface area contributed by atoms with Crippen LogP contribution >= 0.6 is 0 Å². The molecule has 3 aromatic rings. The number of hydrogen-bond acceptors (Lipinski definition) is 3. The fourth-order valence-electron chi connectivity index (χ4n) is 2.64. The lowest BCUT2D eigenvalue weighted by Crippen LogP contribution is -2.23. The van der Waals surface area contributed by atoms with Gasteiger partial charge in [0.1, 0.15) is 11.6 Å². The van der Waals surface area contributed by atoms with Gasteiger partial charge in [-0.25, -0.2) is 21.9 Å². The van der Waals surface area contributed by atoms with Gasteiger partial charge < -0.3 is 4.74 Å². The molecule has 0 atom stereocenters. The summed E-state index contributed by atoms with van der Waals surface area (Å²) in [6, 6.07) is 19.2. The quantitative estimate of drug-likeness (QED) is 0.615. The van der Waals surface area contributed by atoms with Crippen LogP contribution in [0.5, 0.6) is 0 Å². The van der Waals surface area contributed by atoms with Gasteiger partial charge in [0.25, 0.3) is 0 Å². The lowest BCUT2D eigenvalue weighted by atomic mass is 10.1. The summed E-state index contributed by atoms with van der Waals surface area (Å²) in [5.74, 6) is -1.89. The smallest absolute Gasteiger partial charge is 0.241 e. The minimum absolute atomic E-state index is 0.00695. The predicted octanol–water partition coefficient (Wildman–Crippen LogP) is 4.16. The number of rotatable bonds is 8. The minimum Gasteiger partial charge on any atom is -0.372 e. The Kier molecular flexibility index (Phi) is 6.51. The van der Waals surface area contributed by atoms with E-state index < -0.39 is 26.6 Å². The van der Waals surface area contributed by atoms with E-state index in [1.165, 1.54) is 0 Å². The van der Waals surface area contributed by atoms with Gasteiger partial charge in [0.15, 0.2) is 0 Å². The summed E-state index contributed by atoms with van der Waals surface area (Å²) in [5, 5.41) is 0. The molecule has 0 aliphatic rings. The molecule has 0 aliphatic heterocycles. The van der Waals surface area contributed by atoms with E-state index in [9.17, 15) is 17.2 Å². The van der Waals surface area contributed by atoms with Crippen molar-refractivity contribution in [3.05, 3.63) is 101 Å². The Morgan fingerprint density at radius 2 is 1.36 bits per heavy atom. The molecule has 0 aliphatic carbocycles. The first-order chi connectivity index (χ1) is 13.4. The van der Waals surface area contributed by atoms with Crippen LogP contribution in [0.2, 0.25) is 0 Å². The molecular weight excluding hydrogens is 384 g/mol. The van der Waals surface area contributed by atoms with E-state index in [1.807, 2.05) is 42.5 Å². The highest BCUT2D eigenvalue weighted by Crippen LogP contribution is 2.15. The fourth-order valence-corrected chi connectivity index (χ4v) is 3.69. The van der Waals surface area contributed by atoms with Crippen molar-refractivity contribution >= 4 is 10.0 Å². The van der Waals surface area contributed by atoms with E-state index in [-0.39, 0.29) is 6.54 Å². The van der Waals surface area contributed by atoms with Crippen LogP contribution in [0.15, 0.2) is 77.7 Å². The second kappa shape index (κ2) is 9.05. The maximum atomic E-state index is 13.3. The van der Waals surface area contributed by atoms with Crippen LogP contribution in [0.1, 0.15) is 16.7 Å². The third-order valence-electron chi connectivity index (χ3n) is 3.98. The second-order valence-corrected chi connectivity index (χ2v) is 8.00. The molecule has 28 heavy (non-hydrogen) atoms. The summed E-state index contributed by atoms with van der Waals surface area (Å²) in [6.45, 7) is 0.848. The Balaban J connectivity index is 1.59. The van der Waals surface area contributed by atoms with Crippen molar-refractivity contribution < 1.29 is 21.9 Å². The zero-order valence-electron chi connectivity index (χ0n) is 14.9. The lowest BCUT2D eigenvalue weighted by Gasteiger charge is -2.09. The number of sulfonamides is 1. The van der Waals surface area contributed by atoms with Gasteiger partial charge in [-0.15, -0.1) is 0 Å². The molecular formula is C21H19F2NO3S. The largest absolute Gasteiger partial charge is 0.372 e. The second-order valence-electron chi connectivity index (χ2n) is 6.23. The first-order valence-corrected chi connectivity index (χ1v) is 10.1. The van der Waals surface area contributed by atoms with Gasteiger partial charge >= 0.3 is 0 Å². The number of benzene rings is 3. The molecule has 0 saturated heterocycles. The highest BCUT2D eigenvalue weighted by Gasteiger charge is 2.16. The average Bonchev–Trinajstić information content (AvgIpc) is 2.67. The molecule has 0 fully saturated rings. The topological polar surface area (TPSA) is 55.4 Å². The number of nitrogens with one attached hydrogen (secondary N) is 1. The lowest BCUT2D eigenvalue weighted by molar-refractivity contribution is 0.107. The number of ether oxygens (including phenoxy) is 1. The molecule has 0 heterocycles. The first kappa shape index (κ1) is 20.1. The Labute approximate surface area is 162 Å². The van der Waals surface area contributed by atoms with E-state index in [0.717, 1.165) is 23.3 Å². The third kappa shape index (κ3) is 5.69. The van der Waals surface area contributed by atoms with Crippen molar-refractivity contribution in [3.63, 3.8) is 0 Å². The van der Waals surface area contributed by atoms with Crippen molar-refractivity contribution in [2.45, 2.75) is 24.7 Å². The zero-order chi connectivity index (χ0) is 20.0. The van der Waals surface area contributed by atoms with Crippen LogP contribution in [0.3, 0.4) is 0 Å².